The van der Waals surface area contributed by atoms with Crippen LogP contribution in [0.3, 0.4) is 0 Å². The maximum Gasteiger partial charge on any atom is 0.271 e. The van der Waals surface area contributed by atoms with Crippen LogP contribution in [-0.2, 0) is 0 Å². The summed E-state index contributed by atoms with van der Waals surface area (Å²) in [6, 6.07) is 9.12. The van der Waals surface area contributed by atoms with Crippen molar-refractivity contribution in [1.82, 2.24) is 10.3 Å². The van der Waals surface area contributed by atoms with Crippen molar-refractivity contribution in [2.24, 2.45) is 0 Å². The van der Waals surface area contributed by atoms with Crippen molar-refractivity contribution in [3.05, 3.63) is 62.9 Å². The summed E-state index contributed by atoms with van der Waals surface area (Å²) < 4.78 is 0. The zero-order valence-electron chi connectivity index (χ0n) is 12.1. The minimum absolute atomic E-state index is 0.140. The van der Waals surface area contributed by atoms with Gasteiger partial charge >= 0.3 is 0 Å². The van der Waals surface area contributed by atoms with Crippen molar-refractivity contribution in [2.75, 3.05) is 0 Å². The van der Waals surface area contributed by atoms with Gasteiger partial charge in [0.05, 0.1) is 11.1 Å². The molecule has 1 N–H and O–H groups in total. The van der Waals surface area contributed by atoms with Gasteiger partial charge in [-0.2, -0.15) is 0 Å². The Morgan fingerprint density at radius 3 is 2.62 bits per heavy atom. The van der Waals surface area contributed by atoms with Gasteiger partial charge in [0.1, 0.15) is 10.8 Å². The monoisotopic (exact) mass is 322 g/mol. The number of amides is 1. The second-order valence-electron chi connectivity index (χ2n) is 5.02. The number of carbonyl (C=O) groups excluding carboxylic acids is 1. The number of hydrogen-bond donors (Lipinski definition) is 1. The largest absolute Gasteiger partial charge is 0.344 e. The lowest BCUT2D eigenvalue weighted by atomic mass is 10.00. The van der Waals surface area contributed by atoms with Gasteiger partial charge in [0.15, 0.2) is 0 Å². The third-order valence-corrected chi connectivity index (χ3v) is 3.79. The number of pyridine rings is 1. The molecule has 0 fully saturated rings. The normalized spacial score (nSPS) is 12.0. The molecule has 0 aliphatic heterocycles. The Labute approximate surface area is 134 Å². The lowest BCUT2D eigenvalue weighted by Gasteiger charge is -2.17. The van der Waals surface area contributed by atoms with Crippen molar-refractivity contribution in [3.8, 4) is 0 Å². The van der Waals surface area contributed by atoms with Crippen LogP contribution in [0, 0.1) is 13.8 Å². The van der Waals surface area contributed by atoms with E-state index in [4.69, 9.17) is 23.2 Å². The Balaban J connectivity index is 2.23. The van der Waals surface area contributed by atoms with Crippen molar-refractivity contribution in [1.29, 1.82) is 0 Å². The molecule has 1 aromatic carbocycles. The Morgan fingerprint density at radius 2 is 1.90 bits per heavy atom. The molecule has 2 aromatic rings. The van der Waals surface area contributed by atoms with Crippen LogP contribution in [0.1, 0.15) is 40.1 Å². The summed E-state index contributed by atoms with van der Waals surface area (Å²) in [4.78, 5) is 16.3. The number of aromatic nitrogens is 1. The molecule has 0 saturated carbocycles. The summed E-state index contributed by atoms with van der Waals surface area (Å²) in [6.45, 7) is 5.97. The highest BCUT2D eigenvalue weighted by atomic mass is 35.5. The number of halogens is 2. The van der Waals surface area contributed by atoms with Crippen molar-refractivity contribution in [2.45, 2.75) is 26.8 Å². The van der Waals surface area contributed by atoms with Gasteiger partial charge in [-0.15, -0.1) is 0 Å². The van der Waals surface area contributed by atoms with Crippen LogP contribution < -0.4 is 5.32 Å². The topological polar surface area (TPSA) is 42.0 Å². The van der Waals surface area contributed by atoms with Gasteiger partial charge in [-0.1, -0.05) is 47.0 Å². The average Bonchev–Trinajstić information content (AvgIpc) is 2.43. The first-order valence-corrected chi connectivity index (χ1v) is 7.34. The maximum atomic E-state index is 12.3. The Bertz CT molecular complexity index is 686. The first kappa shape index (κ1) is 15.8. The smallest absolute Gasteiger partial charge is 0.271 e. The van der Waals surface area contributed by atoms with Crippen LogP contribution in [0.4, 0.5) is 0 Å². The minimum Gasteiger partial charge on any atom is -0.344 e. The van der Waals surface area contributed by atoms with E-state index in [1.807, 2.05) is 32.9 Å². The fourth-order valence-corrected chi connectivity index (χ4v) is 2.49. The maximum absolute atomic E-state index is 12.3. The van der Waals surface area contributed by atoms with E-state index in [0.717, 1.165) is 16.7 Å². The molecule has 5 heteroatoms. The molecule has 110 valence electrons. The molecule has 0 spiro atoms. The summed E-state index contributed by atoms with van der Waals surface area (Å²) >= 11 is 11.8. The van der Waals surface area contributed by atoms with E-state index < -0.39 is 0 Å². The van der Waals surface area contributed by atoms with E-state index in [-0.39, 0.29) is 27.8 Å². The predicted octanol–water partition coefficient (Wildman–Crippen LogP) is 4.50. The van der Waals surface area contributed by atoms with Gasteiger partial charge < -0.3 is 5.32 Å². The van der Waals surface area contributed by atoms with Gasteiger partial charge in [0, 0.05) is 0 Å². The number of rotatable bonds is 3. The highest BCUT2D eigenvalue weighted by Crippen LogP contribution is 2.21. The molecular weight excluding hydrogens is 307 g/mol. The van der Waals surface area contributed by atoms with E-state index >= 15 is 0 Å². The second-order valence-corrected chi connectivity index (χ2v) is 5.81. The second kappa shape index (κ2) is 6.46. The van der Waals surface area contributed by atoms with Gasteiger partial charge in [-0.3, -0.25) is 4.79 Å². The molecule has 0 radical (unpaired) electrons. The number of nitrogens with one attached hydrogen (secondary N) is 1. The van der Waals surface area contributed by atoms with E-state index in [2.05, 4.69) is 16.4 Å². The van der Waals surface area contributed by atoms with Crippen LogP contribution >= 0.6 is 23.2 Å². The molecular formula is C16H16Cl2N2O. The number of hydrogen-bond acceptors (Lipinski definition) is 2. The summed E-state index contributed by atoms with van der Waals surface area (Å²) in [5, 5.41) is 3.43. The fourth-order valence-electron chi connectivity index (χ4n) is 2.15. The standard InChI is InChI=1S/C16H16Cl2N2O/c1-9-4-5-10(2)12(8-9)11(3)19-16(21)15-13(17)6-7-14(18)20-15/h4-8,11H,1-3H3,(H,19,21). The third kappa shape index (κ3) is 3.74. The average molecular weight is 323 g/mol. The zero-order chi connectivity index (χ0) is 15.6. The highest BCUT2D eigenvalue weighted by molar-refractivity contribution is 6.34. The molecule has 0 aliphatic carbocycles. The quantitative estimate of drug-likeness (QED) is 0.845. The van der Waals surface area contributed by atoms with E-state index in [1.165, 1.54) is 0 Å². The molecule has 0 bridgehead atoms. The van der Waals surface area contributed by atoms with E-state index in [1.54, 1.807) is 12.1 Å². The Hall–Kier alpha value is -1.58. The van der Waals surface area contributed by atoms with E-state index in [0.29, 0.717) is 0 Å². The lowest BCUT2D eigenvalue weighted by Crippen LogP contribution is -2.28. The fraction of sp³-hybridized carbons (Fsp3) is 0.250. The molecule has 1 aromatic heterocycles. The SMILES string of the molecule is Cc1ccc(C)c(C(C)NC(=O)c2nc(Cl)ccc2Cl)c1. The van der Waals surface area contributed by atoms with Crippen LogP contribution in [0.5, 0.6) is 0 Å². The van der Waals surface area contributed by atoms with Crippen molar-refractivity contribution < 1.29 is 4.79 Å². The molecule has 0 aliphatic rings. The van der Waals surface area contributed by atoms with Gasteiger partial charge in [-0.05, 0) is 44.0 Å². The molecule has 21 heavy (non-hydrogen) atoms. The number of aryl methyl sites for hydroxylation is 2. The van der Waals surface area contributed by atoms with Crippen LogP contribution in [0.25, 0.3) is 0 Å². The molecule has 2 rings (SSSR count). The first-order chi connectivity index (χ1) is 9.88. The zero-order valence-corrected chi connectivity index (χ0v) is 13.6. The number of nitrogens with zero attached hydrogens (tertiary/aromatic N) is 1. The molecule has 1 unspecified atom stereocenters. The van der Waals surface area contributed by atoms with Crippen molar-refractivity contribution in [3.63, 3.8) is 0 Å². The Morgan fingerprint density at radius 1 is 1.19 bits per heavy atom. The summed E-state index contributed by atoms with van der Waals surface area (Å²) in [5.74, 6) is -0.337. The lowest BCUT2D eigenvalue weighted by molar-refractivity contribution is 0.0935. The van der Waals surface area contributed by atoms with Gasteiger partial charge in [0.25, 0.3) is 5.91 Å². The predicted molar refractivity (Wildman–Crippen MR) is 86.1 cm³/mol. The van der Waals surface area contributed by atoms with Crippen molar-refractivity contribution >= 4 is 29.1 Å². The summed E-state index contributed by atoms with van der Waals surface area (Å²) in [6.07, 6.45) is 0. The van der Waals surface area contributed by atoms with Gasteiger partial charge in [0.2, 0.25) is 0 Å². The number of carbonyl (C=O) groups is 1. The van der Waals surface area contributed by atoms with E-state index in [9.17, 15) is 4.79 Å². The molecule has 3 nitrogen and oxygen atoms in total. The molecule has 1 amide bonds. The van der Waals surface area contributed by atoms with Gasteiger partial charge in [-0.25, -0.2) is 4.98 Å². The van der Waals surface area contributed by atoms with Crippen LogP contribution in [-0.4, -0.2) is 10.9 Å². The highest BCUT2D eigenvalue weighted by Gasteiger charge is 2.17. The third-order valence-electron chi connectivity index (χ3n) is 3.28. The first-order valence-electron chi connectivity index (χ1n) is 6.58. The molecule has 1 heterocycles. The number of benzene rings is 1. The molecule has 1 atom stereocenters. The van der Waals surface area contributed by atoms with Crippen LogP contribution in [0.15, 0.2) is 30.3 Å². The van der Waals surface area contributed by atoms with Crippen LogP contribution in [0.2, 0.25) is 10.2 Å². The minimum atomic E-state index is -0.337. The Kier molecular flexibility index (Phi) is 4.86. The summed E-state index contributed by atoms with van der Waals surface area (Å²) in [7, 11) is 0. The summed E-state index contributed by atoms with van der Waals surface area (Å²) in [5.41, 5.74) is 3.48. The molecule has 0 saturated heterocycles.